The van der Waals surface area contributed by atoms with Crippen molar-refractivity contribution in [1.82, 2.24) is 0 Å². The molecule has 0 aromatic heterocycles. The fraction of sp³-hybridized carbons (Fsp3) is 0.182. The molecule has 1 aliphatic carbocycles. The molecule has 0 spiro atoms. The summed E-state index contributed by atoms with van der Waals surface area (Å²) in [5.74, 6) is 1.43. The molecule has 6 heteroatoms. The topological polar surface area (TPSA) is 30.9 Å². The maximum Gasteiger partial charge on any atom is 0.178 e. The van der Waals surface area contributed by atoms with Crippen LogP contribution >= 0.6 is 0 Å². The Labute approximate surface area is 290 Å². The standard InChI is InChI=1S/C44H35F2NO3/c1-43(2)39-27-31(46)13-19-36(39)40-35-18-12-30(45)26-38(35)42-37(41(40)43)20-21-44(50-42,28-8-14-32(15-9-28)47-22-24-48-25-23-47)29-10-16-34(17-11-29)49-33-6-4-3-5-7-33/h3-21,26-27H,22-25H2,1-2H3. The van der Waals surface area contributed by atoms with Gasteiger partial charge in [0.1, 0.15) is 28.9 Å². The molecule has 50 heavy (non-hydrogen) atoms. The Hall–Kier alpha value is -5.46. The van der Waals surface area contributed by atoms with E-state index in [1.807, 2.05) is 66.7 Å². The third kappa shape index (κ3) is 4.81. The second-order valence-electron chi connectivity index (χ2n) is 13.8. The van der Waals surface area contributed by atoms with E-state index in [4.69, 9.17) is 14.2 Å². The van der Waals surface area contributed by atoms with Crippen LogP contribution in [0.15, 0.2) is 121 Å². The van der Waals surface area contributed by atoms with Crippen molar-refractivity contribution in [2.45, 2.75) is 24.9 Å². The normalized spacial score (nSPS) is 18.7. The van der Waals surface area contributed by atoms with Gasteiger partial charge in [0.2, 0.25) is 0 Å². The van der Waals surface area contributed by atoms with Crippen LogP contribution in [0, 0.1) is 11.6 Å². The van der Waals surface area contributed by atoms with Gasteiger partial charge < -0.3 is 19.1 Å². The molecule has 6 aromatic carbocycles. The van der Waals surface area contributed by atoms with E-state index in [2.05, 4.69) is 55.2 Å². The number of fused-ring (bicyclic) bond motifs is 8. The fourth-order valence-corrected chi connectivity index (χ4v) is 8.04. The third-order valence-electron chi connectivity index (χ3n) is 10.5. The smallest absolute Gasteiger partial charge is 0.178 e. The summed E-state index contributed by atoms with van der Waals surface area (Å²) in [5, 5.41) is 1.55. The Morgan fingerprint density at radius 2 is 1.36 bits per heavy atom. The number of nitrogens with zero attached hydrogens (tertiary/aromatic N) is 1. The highest BCUT2D eigenvalue weighted by atomic mass is 19.1. The van der Waals surface area contributed by atoms with Gasteiger partial charge in [-0.15, -0.1) is 0 Å². The Kier molecular flexibility index (Phi) is 7.08. The fourth-order valence-electron chi connectivity index (χ4n) is 8.04. The van der Waals surface area contributed by atoms with E-state index in [0.29, 0.717) is 30.1 Å². The lowest BCUT2D eigenvalue weighted by Gasteiger charge is -2.39. The Balaban J connectivity index is 1.23. The highest BCUT2D eigenvalue weighted by molar-refractivity contribution is 6.08. The molecule has 0 N–H and O–H groups in total. The van der Waals surface area contributed by atoms with Crippen molar-refractivity contribution < 1.29 is 23.0 Å². The number of ether oxygens (including phenoxy) is 3. The molecule has 1 atom stereocenters. The van der Waals surface area contributed by atoms with Gasteiger partial charge in [-0.2, -0.15) is 0 Å². The summed E-state index contributed by atoms with van der Waals surface area (Å²) in [6.07, 6.45) is 4.23. The summed E-state index contributed by atoms with van der Waals surface area (Å²) in [4.78, 5) is 2.32. The summed E-state index contributed by atoms with van der Waals surface area (Å²) < 4.78 is 49.0. The van der Waals surface area contributed by atoms with Crippen LogP contribution < -0.4 is 14.4 Å². The minimum atomic E-state index is -1.04. The van der Waals surface area contributed by atoms with Gasteiger partial charge in [0.15, 0.2) is 5.60 Å². The number of anilines is 1. The maximum absolute atomic E-state index is 15.2. The first kappa shape index (κ1) is 30.6. The van der Waals surface area contributed by atoms with Crippen LogP contribution in [0.5, 0.6) is 17.2 Å². The molecule has 1 unspecified atom stereocenters. The maximum atomic E-state index is 15.2. The molecule has 9 rings (SSSR count). The van der Waals surface area contributed by atoms with Gasteiger partial charge >= 0.3 is 0 Å². The van der Waals surface area contributed by atoms with E-state index >= 15 is 4.39 Å². The van der Waals surface area contributed by atoms with Crippen molar-refractivity contribution in [2.24, 2.45) is 0 Å². The van der Waals surface area contributed by atoms with Gasteiger partial charge in [0, 0.05) is 46.3 Å². The van der Waals surface area contributed by atoms with Crippen molar-refractivity contribution >= 4 is 22.5 Å². The van der Waals surface area contributed by atoms with Gasteiger partial charge in [0.25, 0.3) is 0 Å². The van der Waals surface area contributed by atoms with Crippen molar-refractivity contribution in [1.29, 1.82) is 0 Å². The van der Waals surface area contributed by atoms with Crippen molar-refractivity contribution in [3.63, 3.8) is 0 Å². The van der Waals surface area contributed by atoms with E-state index in [9.17, 15) is 4.39 Å². The molecule has 0 saturated carbocycles. The lowest BCUT2D eigenvalue weighted by molar-refractivity contribution is 0.122. The van der Waals surface area contributed by atoms with Gasteiger partial charge in [-0.05, 0) is 94.4 Å². The van der Waals surface area contributed by atoms with Crippen LogP contribution in [0.4, 0.5) is 14.5 Å². The molecule has 4 nitrogen and oxygen atoms in total. The van der Waals surface area contributed by atoms with Crippen LogP contribution in [0.3, 0.4) is 0 Å². The average molecular weight is 664 g/mol. The van der Waals surface area contributed by atoms with Gasteiger partial charge in [-0.25, -0.2) is 8.78 Å². The SMILES string of the molecule is CC1(C)c2cc(F)ccc2-c2c1c1c(c3cc(F)ccc23)OC(c2ccc(Oc3ccccc3)cc2)(c2ccc(N3CCOCC3)cc2)C=C1. The first-order valence-electron chi connectivity index (χ1n) is 17.1. The minimum absolute atomic E-state index is 0.278. The molecule has 2 aliphatic heterocycles. The first-order valence-corrected chi connectivity index (χ1v) is 17.1. The summed E-state index contributed by atoms with van der Waals surface area (Å²) in [6.45, 7) is 7.32. The molecule has 3 aliphatic rings. The van der Waals surface area contributed by atoms with Crippen LogP contribution in [0.1, 0.15) is 41.7 Å². The van der Waals surface area contributed by atoms with Crippen LogP contribution in [-0.4, -0.2) is 26.3 Å². The molecular weight excluding hydrogens is 628 g/mol. The first-order chi connectivity index (χ1) is 24.3. The van der Waals surface area contributed by atoms with E-state index in [-0.39, 0.29) is 11.6 Å². The molecule has 6 aromatic rings. The second-order valence-corrected chi connectivity index (χ2v) is 13.8. The quantitative estimate of drug-likeness (QED) is 0.184. The lowest BCUT2D eigenvalue weighted by atomic mass is 9.76. The van der Waals surface area contributed by atoms with E-state index in [0.717, 1.165) is 68.9 Å². The number of hydrogen-bond acceptors (Lipinski definition) is 4. The highest BCUT2D eigenvalue weighted by Gasteiger charge is 2.44. The van der Waals surface area contributed by atoms with E-state index < -0.39 is 11.0 Å². The zero-order valence-corrected chi connectivity index (χ0v) is 27.9. The largest absolute Gasteiger partial charge is 0.472 e. The van der Waals surface area contributed by atoms with Crippen molar-refractivity contribution in [2.75, 3.05) is 31.2 Å². The predicted octanol–water partition coefficient (Wildman–Crippen LogP) is 10.4. The van der Waals surface area contributed by atoms with Crippen molar-refractivity contribution in [3.05, 3.63) is 161 Å². The molecule has 248 valence electrons. The molecule has 2 heterocycles. The number of morpholine rings is 1. The average Bonchev–Trinajstić information content (AvgIpc) is 3.38. The van der Waals surface area contributed by atoms with Gasteiger partial charge in [0.05, 0.1) is 13.2 Å². The number of para-hydroxylation sites is 1. The van der Waals surface area contributed by atoms with E-state index in [1.165, 1.54) is 12.1 Å². The lowest BCUT2D eigenvalue weighted by Crippen LogP contribution is -2.37. The molecule has 0 bridgehead atoms. The molecule has 0 radical (unpaired) electrons. The minimum Gasteiger partial charge on any atom is -0.472 e. The van der Waals surface area contributed by atoms with E-state index in [1.54, 1.807) is 12.1 Å². The molecule has 0 amide bonds. The second kappa shape index (κ2) is 11.6. The Morgan fingerprint density at radius 1 is 0.700 bits per heavy atom. The summed E-state index contributed by atoms with van der Waals surface area (Å²) in [7, 11) is 0. The third-order valence-corrected chi connectivity index (χ3v) is 10.5. The number of halogens is 2. The Morgan fingerprint density at radius 3 is 2.10 bits per heavy atom. The predicted molar refractivity (Wildman–Crippen MR) is 194 cm³/mol. The van der Waals surface area contributed by atoms with Crippen molar-refractivity contribution in [3.8, 4) is 28.4 Å². The zero-order chi connectivity index (χ0) is 34.0. The molecule has 1 saturated heterocycles. The Bertz CT molecular complexity index is 2290. The highest BCUT2D eigenvalue weighted by Crippen LogP contribution is 2.58. The summed E-state index contributed by atoms with van der Waals surface area (Å²) in [6, 6.07) is 36.0. The molecular formula is C44H35F2NO3. The number of hydrogen-bond donors (Lipinski definition) is 0. The number of benzene rings is 6. The van der Waals surface area contributed by atoms with Crippen LogP contribution in [-0.2, 0) is 15.8 Å². The van der Waals surface area contributed by atoms with Gasteiger partial charge in [-0.1, -0.05) is 74.5 Å². The monoisotopic (exact) mass is 663 g/mol. The number of rotatable bonds is 5. The zero-order valence-electron chi connectivity index (χ0n) is 27.9. The van der Waals surface area contributed by atoms with Crippen LogP contribution in [0.25, 0.3) is 28.0 Å². The molecule has 1 fully saturated rings. The summed E-state index contributed by atoms with van der Waals surface area (Å²) >= 11 is 0. The van der Waals surface area contributed by atoms with Gasteiger partial charge in [-0.3, -0.25) is 0 Å². The van der Waals surface area contributed by atoms with Crippen LogP contribution in [0.2, 0.25) is 0 Å². The summed E-state index contributed by atoms with van der Waals surface area (Å²) in [5.41, 5.74) is 6.17.